The second-order valence-corrected chi connectivity index (χ2v) is 10.7. The van der Waals surface area contributed by atoms with Gasteiger partial charge >= 0.3 is 6.09 Å². The molecule has 146 valence electrons. The summed E-state index contributed by atoms with van der Waals surface area (Å²) in [7, 11) is -3.37. The zero-order valence-electron chi connectivity index (χ0n) is 15.7. The van der Waals surface area contributed by atoms with Gasteiger partial charge in [-0.2, -0.15) is 0 Å². The lowest BCUT2D eigenvalue weighted by atomic mass is 9.92. The van der Waals surface area contributed by atoms with Gasteiger partial charge in [0.05, 0.1) is 12.3 Å². The molecule has 0 unspecified atom stereocenters. The molecule has 1 saturated heterocycles. The number of carbonyl (C=O) groups is 1. The number of hydrogen-bond acceptors (Lipinski definition) is 4. The molecule has 2 rings (SSSR count). The standard InChI is InChI=1S/C18H27IN2O4S/c1-18(2,3)25-17(22)21-10-6-9-15(20-26(4,23)24)16(21)12-13-7-5-8-14(19)11-13/h5,7-8,11,15-16,20H,6,9-10,12H2,1-4H3/t15-,16-/m0/s1. The molecule has 0 aromatic heterocycles. The van der Waals surface area contributed by atoms with Crippen LogP contribution in [0.1, 0.15) is 39.2 Å². The van der Waals surface area contributed by atoms with Gasteiger partial charge in [0.25, 0.3) is 0 Å². The van der Waals surface area contributed by atoms with Crippen molar-refractivity contribution in [1.29, 1.82) is 0 Å². The Morgan fingerprint density at radius 2 is 2.08 bits per heavy atom. The minimum atomic E-state index is -3.37. The van der Waals surface area contributed by atoms with Crippen LogP contribution in [-0.2, 0) is 21.2 Å². The molecular formula is C18H27IN2O4S. The second kappa shape index (κ2) is 8.43. The van der Waals surface area contributed by atoms with Crippen LogP contribution in [0.4, 0.5) is 4.79 Å². The maximum Gasteiger partial charge on any atom is 0.410 e. The van der Waals surface area contributed by atoms with Crippen molar-refractivity contribution < 1.29 is 17.9 Å². The van der Waals surface area contributed by atoms with Gasteiger partial charge in [0.1, 0.15) is 5.60 Å². The van der Waals surface area contributed by atoms with E-state index in [1.54, 1.807) is 4.90 Å². The lowest BCUT2D eigenvalue weighted by Gasteiger charge is -2.41. The van der Waals surface area contributed by atoms with E-state index >= 15 is 0 Å². The molecule has 0 saturated carbocycles. The summed E-state index contributed by atoms with van der Waals surface area (Å²) < 4.78 is 33.0. The van der Waals surface area contributed by atoms with Crippen LogP contribution in [0.2, 0.25) is 0 Å². The first-order valence-electron chi connectivity index (χ1n) is 8.66. The fraction of sp³-hybridized carbons (Fsp3) is 0.611. The van der Waals surface area contributed by atoms with Crippen LogP contribution in [-0.4, -0.2) is 49.9 Å². The predicted molar refractivity (Wildman–Crippen MR) is 111 cm³/mol. The molecular weight excluding hydrogens is 467 g/mol. The van der Waals surface area contributed by atoms with Gasteiger partial charge < -0.3 is 9.64 Å². The van der Waals surface area contributed by atoms with E-state index in [1.165, 1.54) is 0 Å². The second-order valence-electron chi connectivity index (χ2n) is 7.71. The SMILES string of the molecule is CC(C)(C)OC(=O)N1CCC[C@H](NS(C)(=O)=O)[C@@H]1Cc1cccc(I)c1. The van der Waals surface area contributed by atoms with Gasteiger partial charge in [0, 0.05) is 16.2 Å². The van der Waals surface area contributed by atoms with Crippen LogP contribution in [0.3, 0.4) is 0 Å². The lowest BCUT2D eigenvalue weighted by molar-refractivity contribution is 0.00592. The molecule has 2 atom stereocenters. The zero-order valence-corrected chi connectivity index (χ0v) is 18.6. The number of likely N-dealkylation sites (tertiary alicyclic amines) is 1. The smallest absolute Gasteiger partial charge is 0.410 e. The molecule has 0 aliphatic carbocycles. The number of halogens is 1. The monoisotopic (exact) mass is 494 g/mol. The number of hydrogen-bond donors (Lipinski definition) is 1. The molecule has 0 spiro atoms. The third-order valence-electron chi connectivity index (χ3n) is 4.11. The van der Waals surface area contributed by atoms with E-state index in [0.717, 1.165) is 21.8 Å². The highest BCUT2D eigenvalue weighted by Crippen LogP contribution is 2.25. The number of amides is 1. The van der Waals surface area contributed by atoms with E-state index in [4.69, 9.17) is 4.74 Å². The lowest BCUT2D eigenvalue weighted by Crippen LogP contribution is -2.58. The normalized spacial score (nSPS) is 21.5. The van der Waals surface area contributed by atoms with E-state index in [1.807, 2.05) is 39.0 Å². The minimum absolute atomic E-state index is 0.286. The van der Waals surface area contributed by atoms with Crippen LogP contribution < -0.4 is 4.72 Å². The summed E-state index contributed by atoms with van der Waals surface area (Å²) in [5.41, 5.74) is 0.471. The van der Waals surface area contributed by atoms with Crippen molar-refractivity contribution in [2.75, 3.05) is 12.8 Å². The van der Waals surface area contributed by atoms with Crippen LogP contribution >= 0.6 is 22.6 Å². The molecule has 0 bridgehead atoms. The van der Waals surface area contributed by atoms with E-state index in [9.17, 15) is 13.2 Å². The number of nitrogens with one attached hydrogen (secondary N) is 1. The summed E-state index contributed by atoms with van der Waals surface area (Å²) >= 11 is 2.25. The number of carbonyl (C=O) groups excluding carboxylic acids is 1. The number of nitrogens with zero attached hydrogens (tertiary/aromatic N) is 1. The summed E-state index contributed by atoms with van der Waals surface area (Å²) in [6.07, 6.45) is 2.76. The Kier molecular flexibility index (Phi) is 6.95. The van der Waals surface area contributed by atoms with Gasteiger partial charge in [-0.3, -0.25) is 0 Å². The molecule has 1 aliphatic heterocycles. The molecule has 1 fully saturated rings. The Hall–Kier alpha value is -0.870. The number of rotatable bonds is 4. The summed E-state index contributed by atoms with van der Waals surface area (Å²) in [5.74, 6) is 0. The molecule has 1 aromatic rings. The van der Waals surface area contributed by atoms with Crippen LogP contribution in [0, 0.1) is 3.57 Å². The van der Waals surface area contributed by atoms with Crippen LogP contribution in [0.5, 0.6) is 0 Å². The molecule has 26 heavy (non-hydrogen) atoms. The Morgan fingerprint density at radius 1 is 1.38 bits per heavy atom. The summed E-state index contributed by atoms with van der Waals surface area (Å²) in [5, 5.41) is 0. The molecule has 1 aliphatic rings. The molecule has 1 N–H and O–H groups in total. The maximum atomic E-state index is 12.7. The molecule has 1 amide bonds. The largest absolute Gasteiger partial charge is 0.444 e. The van der Waals surface area contributed by atoms with Crippen molar-refractivity contribution >= 4 is 38.7 Å². The first-order valence-corrected chi connectivity index (χ1v) is 11.6. The predicted octanol–water partition coefficient (Wildman–Crippen LogP) is 3.15. The van der Waals surface area contributed by atoms with Crippen molar-refractivity contribution in [3.05, 3.63) is 33.4 Å². The van der Waals surface area contributed by atoms with E-state index in [2.05, 4.69) is 33.4 Å². The van der Waals surface area contributed by atoms with Crippen molar-refractivity contribution in [2.45, 2.75) is 57.7 Å². The molecule has 1 heterocycles. The summed E-state index contributed by atoms with van der Waals surface area (Å²) in [4.78, 5) is 14.4. The van der Waals surface area contributed by atoms with Crippen molar-refractivity contribution in [1.82, 2.24) is 9.62 Å². The maximum absolute atomic E-state index is 12.7. The van der Waals surface area contributed by atoms with E-state index < -0.39 is 21.7 Å². The molecule has 0 radical (unpaired) electrons. The van der Waals surface area contributed by atoms with Crippen molar-refractivity contribution in [3.63, 3.8) is 0 Å². The molecule has 8 heteroatoms. The number of ether oxygens (including phenoxy) is 1. The molecule has 6 nitrogen and oxygen atoms in total. The highest BCUT2D eigenvalue weighted by molar-refractivity contribution is 14.1. The quantitative estimate of drug-likeness (QED) is 0.653. The average molecular weight is 494 g/mol. The number of sulfonamides is 1. The third-order valence-corrected chi connectivity index (χ3v) is 5.51. The minimum Gasteiger partial charge on any atom is -0.444 e. The number of benzene rings is 1. The fourth-order valence-corrected chi connectivity index (χ4v) is 4.61. The van der Waals surface area contributed by atoms with E-state index in [0.29, 0.717) is 19.4 Å². The van der Waals surface area contributed by atoms with Crippen LogP contribution in [0.25, 0.3) is 0 Å². The summed E-state index contributed by atoms with van der Waals surface area (Å²) in [6, 6.07) is 7.41. The van der Waals surface area contributed by atoms with Gasteiger partial charge in [0.2, 0.25) is 10.0 Å². The summed E-state index contributed by atoms with van der Waals surface area (Å²) in [6.45, 7) is 6.05. The third kappa shape index (κ3) is 6.70. The van der Waals surface area contributed by atoms with Crippen molar-refractivity contribution in [3.8, 4) is 0 Å². The van der Waals surface area contributed by atoms with E-state index in [-0.39, 0.29) is 12.1 Å². The van der Waals surface area contributed by atoms with Gasteiger partial charge in [-0.15, -0.1) is 0 Å². The Bertz CT molecular complexity index is 746. The Balaban J connectivity index is 2.29. The average Bonchev–Trinajstić information content (AvgIpc) is 2.45. The topological polar surface area (TPSA) is 75.7 Å². The Morgan fingerprint density at radius 3 is 2.65 bits per heavy atom. The Labute approximate surface area is 169 Å². The van der Waals surface area contributed by atoms with Gasteiger partial charge in [-0.1, -0.05) is 12.1 Å². The van der Waals surface area contributed by atoms with Gasteiger partial charge in [0.15, 0.2) is 0 Å². The first kappa shape index (κ1) is 21.4. The van der Waals surface area contributed by atoms with Crippen LogP contribution in [0.15, 0.2) is 24.3 Å². The zero-order chi connectivity index (χ0) is 19.5. The highest BCUT2D eigenvalue weighted by atomic mass is 127. The number of piperidine rings is 1. The molecule has 1 aromatic carbocycles. The van der Waals surface area contributed by atoms with Gasteiger partial charge in [-0.25, -0.2) is 17.9 Å². The highest BCUT2D eigenvalue weighted by Gasteiger charge is 2.37. The van der Waals surface area contributed by atoms with Gasteiger partial charge in [-0.05, 0) is 80.3 Å². The first-order chi connectivity index (χ1) is 11.9. The van der Waals surface area contributed by atoms with Crippen molar-refractivity contribution in [2.24, 2.45) is 0 Å². The fourth-order valence-electron chi connectivity index (χ4n) is 3.17.